The van der Waals surface area contributed by atoms with Crippen molar-refractivity contribution >= 4 is 51.6 Å². The van der Waals surface area contributed by atoms with Crippen LogP contribution in [-0.4, -0.2) is 42.5 Å². The van der Waals surface area contributed by atoms with Gasteiger partial charge in [-0.2, -0.15) is 5.06 Å². The van der Waals surface area contributed by atoms with Crippen molar-refractivity contribution in [2.45, 2.75) is 51.1 Å². The summed E-state index contributed by atoms with van der Waals surface area (Å²) in [4.78, 5) is 14.4. The largest absolute Gasteiger partial charge is 0.347 e. The number of carbonyl (C=O) groups is 1. The summed E-state index contributed by atoms with van der Waals surface area (Å²) in [6.07, 6.45) is 0.317. The van der Waals surface area contributed by atoms with E-state index in [2.05, 4.69) is 12.2 Å². The number of thiocarbonyl (C=S) groups is 1. The first-order chi connectivity index (χ1) is 11.2. The van der Waals surface area contributed by atoms with Crippen molar-refractivity contribution < 1.29 is 10.0 Å². The van der Waals surface area contributed by atoms with Gasteiger partial charge in [0.1, 0.15) is 10.5 Å². The van der Waals surface area contributed by atoms with Gasteiger partial charge in [0.2, 0.25) is 0 Å². The van der Waals surface area contributed by atoms with E-state index in [9.17, 15) is 10.0 Å². The third-order valence-electron chi connectivity index (χ3n) is 4.05. The third kappa shape index (κ3) is 3.96. The molecule has 1 heterocycles. The molecule has 1 aliphatic rings. The molecule has 2 N–H and O–H groups in total. The van der Waals surface area contributed by atoms with Crippen molar-refractivity contribution in [3.05, 3.63) is 29.3 Å². The number of nitrogens with one attached hydrogen (secondary N) is 1. The number of benzene rings is 1. The molecule has 0 spiro atoms. The Morgan fingerprint density at radius 2 is 2.08 bits per heavy atom. The first-order valence-electron chi connectivity index (χ1n) is 7.73. The smallest absolute Gasteiger partial charge is 0.331 e. The molecule has 1 aromatic rings. The van der Waals surface area contributed by atoms with Crippen LogP contribution < -0.4 is 5.32 Å². The number of nitrogens with zero attached hydrogens (tertiary/aromatic N) is 2. The van der Waals surface area contributed by atoms with Crippen LogP contribution in [0.4, 0.5) is 10.5 Å². The van der Waals surface area contributed by atoms with Crippen LogP contribution in [0.15, 0.2) is 24.3 Å². The molecule has 1 saturated heterocycles. The van der Waals surface area contributed by atoms with Crippen LogP contribution in [0.3, 0.4) is 0 Å². The minimum atomic E-state index is -0.603. The highest BCUT2D eigenvalue weighted by atomic mass is 35.5. The molecule has 24 heavy (non-hydrogen) atoms. The van der Waals surface area contributed by atoms with Crippen LogP contribution in [0.2, 0.25) is 5.02 Å². The molecule has 1 aliphatic heterocycles. The molecular weight excluding hydrogens is 366 g/mol. The number of amides is 2. The number of hydrogen-bond donors (Lipinski definition) is 2. The molecule has 132 valence electrons. The fourth-order valence-electron chi connectivity index (χ4n) is 2.62. The molecule has 0 aromatic heterocycles. The first-order valence-corrected chi connectivity index (χ1v) is 9.33. The Kier molecular flexibility index (Phi) is 6.01. The van der Waals surface area contributed by atoms with E-state index in [4.69, 9.17) is 23.8 Å². The van der Waals surface area contributed by atoms with Gasteiger partial charge < -0.3 is 10.2 Å². The van der Waals surface area contributed by atoms with Gasteiger partial charge >= 0.3 is 6.03 Å². The molecule has 2 unspecified atom stereocenters. The second-order valence-electron chi connectivity index (χ2n) is 6.29. The predicted molar refractivity (Wildman–Crippen MR) is 104 cm³/mol. The number of anilines is 1. The average molecular weight is 388 g/mol. The number of urea groups is 1. The van der Waals surface area contributed by atoms with E-state index < -0.39 is 16.9 Å². The summed E-state index contributed by atoms with van der Waals surface area (Å²) in [5.74, 6) is 0. The Morgan fingerprint density at radius 1 is 1.50 bits per heavy atom. The molecular formula is C16H22ClN3O2S2. The summed E-state index contributed by atoms with van der Waals surface area (Å²) in [5.41, 5.74) is 0.560. The highest BCUT2D eigenvalue weighted by Gasteiger charge is 2.50. The molecule has 2 rings (SSSR count). The lowest BCUT2D eigenvalue weighted by atomic mass is 10.1. The van der Waals surface area contributed by atoms with Gasteiger partial charge in [-0.1, -0.05) is 42.5 Å². The Bertz CT molecular complexity index is 624. The summed E-state index contributed by atoms with van der Waals surface area (Å²) in [6.45, 7) is 8.02. The van der Waals surface area contributed by atoms with Gasteiger partial charge in [-0.05, 0) is 51.5 Å². The number of hydrogen-bond acceptors (Lipinski definition) is 4. The quantitative estimate of drug-likeness (QED) is 0.441. The first kappa shape index (κ1) is 19.3. The molecule has 8 heteroatoms. The SMILES string of the molecule is CCC(C)N1C(=S)SC(C)(C)C1N(O)C(=O)Nc1ccc(Cl)cc1. The highest BCUT2D eigenvalue weighted by molar-refractivity contribution is 8.24. The zero-order valence-electron chi connectivity index (χ0n) is 14.1. The Hall–Kier alpha value is -1.02. The topological polar surface area (TPSA) is 55.8 Å². The van der Waals surface area contributed by atoms with Gasteiger partial charge in [0, 0.05) is 16.8 Å². The Balaban J connectivity index is 2.20. The number of rotatable bonds is 4. The van der Waals surface area contributed by atoms with Crippen molar-refractivity contribution in [1.82, 2.24) is 9.96 Å². The van der Waals surface area contributed by atoms with Gasteiger partial charge in [0.05, 0.1) is 4.75 Å². The van der Waals surface area contributed by atoms with Crippen LogP contribution in [0.5, 0.6) is 0 Å². The lowest BCUT2D eigenvalue weighted by Crippen LogP contribution is -2.57. The molecule has 2 atom stereocenters. The van der Waals surface area contributed by atoms with Gasteiger partial charge in [-0.15, -0.1) is 0 Å². The second-order valence-corrected chi connectivity index (χ2v) is 9.02. The Labute approximate surface area is 157 Å². The van der Waals surface area contributed by atoms with Crippen LogP contribution in [0.25, 0.3) is 0 Å². The highest BCUT2D eigenvalue weighted by Crippen LogP contribution is 2.43. The monoisotopic (exact) mass is 387 g/mol. The predicted octanol–water partition coefficient (Wildman–Crippen LogP) is 4.80. The van der Waals surface area contributed by atoms with E-state index in [-0.39, 0.29) is 6.04 Å². The van der Waals surface area contributed by atoms with E-state index in [0.29, 0.717) is 15.0 Å². The number of thioether (sulfide) groups is 1. The fourth-order valence-corrected chi connectivity index (χ4v) is 4.82. The molecule has 2 amide bonds. The summed E-state index contributed by atoms with van der Waals surface area (Å²) >= 11 is 12.8. The molecule has 1 fully saturated rings. The van der Waals surface area contributed by atoms with E-state index in [1.165, 1.54) is 11.8 Å². The molecule has 0 aliphatic carbocycles. The van der Waals surface area contributed by atoms with Crippen LogP contribution in [0.1, 0.15) is 34.1 Å². The number of carbonyl (C=O) groups excluding carboxylic acids is 1. The van der Waals surface area contributed by atoms with Crippen LogP contribution in [-0.2, 0) is 0 Å². The minimum absolute atomic E-state index is 0.120. The molecule has 5 nitrogen and oxygen atoms in total. The molecule has 1 aromatic carbocycles. The van der Waals surface area contributed by atoms with Crippen molar-refractivity contribution in [2.24, 2.45) is 0 Å². The molecule has 0 saturated carbocycles. The maximum atomic E-state index is 12.5. The van der Waals surface area contributed by atoms with Crippen molar-refractivity contribution in [2.75, 3.05) is 5.32 Å². The second kappa shape index (κ2) is 7.47. The maximum Gasteiger partial charge on any atom is 0.347 e. The van der Waals surface area contributed by atoms with Crippen LogP contribution >= 0.6 is 35.6 Å². The number of halogens is 1. The van der Waals surface area contributed by atoms with E-state index in [1.807, 2.05) is 25.7 Å². The van der Waals surface area contributed by atoms with Crippen molar-refractivity contribution in [3.63, 3.8) is 0 Å². The van der Waals surface area contributed by atoms with E-state index in [1.54, 1.807) is 24.3 Å². The summed E-state index contributed by atoms with van der Waals surface area (Å²) in [5, 5.41) is 14.6. The zero-order chi connectivity index (χ0) is 18.1. The maximum absolute atomic E-state index is 12.5. The third-order valence-corrected chi connectivity index (χ3v) is 5.88. The van der Waals surface area contributed by atoms with Gasteiger partial charge in [0.15, 0.2) is 0 Å². The molecule has 0 bridgehead atoms. The number of hydroxylamine groups is 2. The van der Waals surface area contributed by atoms with Crippen LogP contribution in [0, 0.1) is 0 Å². The normalized spacial score (nSPS) is 20.8. The van der Waals surface area contributed by atoms with E-state index in [0.717, 1.165) is 11.5 Å². The molecule has 0 radical (unpaired) electrons. The lowest BCUT2D eigenvalue weighted by molar-refractivity contribution is -0.120. The van der Waals surface area contributed by atoms with Crippen molar-refractivity contribution in [1.29, 1.82) is 0 Å². The lowest BCUT2D eigenvalue weighted by Gasteiger charge is -2.39. The van der Waals surface area contributed by atoms with Crippen molar-refractivity contribution in [3.8, 4) is 0 Å². The average Bonchev–Trinajstić information content (AvgIpc) is 2.76. The van der Waals surface area contributed by atoms with Gasteiger partial charge in [-0.25, -0.2) is 4.79 Å². The minimum Gasteiger partial charge on any atom is -0.331 e. The Morgan fingerprint density at radius 3 is 2.62 bits per heavy atom. The standard InChI is InChI=1S/C16H22ClN3O2S2/c1-5-10(2)19-13(16(3,4)24-15(19)23)20(22)14(21)18-12-8-6-11(17)7-9-12/h6-10,13,22H,5H2,1-4H3,(H,18,21). The zero-order valence-corrected chi connectivity index (χ0v) is 16.5. The summed E-state index contributed by atoms with van der Waals surface area (Å²) in [6, 6.07) is 6.23. The van der Waals surface area contributed by atoms with Gasteiger partial charge in [-0.3, -0.25) is 5.21 Å². The fraction of sp³-hybridized carbons (Fsp3) is 0.500. The van der Waals surface area contributed by atoms with E-state index >= 15 is 0 Å². The van der Waals surface area contributed by atoms with Gasteiger partial charge in [0.25, 0.3) is 0 Å². The summed E-state index contributed by atoms with van der Waals surface area (Å²) in [7, 11) is 0. The summed E-state index contributed by atoms with van der Waals surface area (Å²) < 4.78 is 0.268.